The smallest absolute Gasteiger partial charge is 0.405 e. The number of urea groups is 1. The van der Waals surface area contributed by atoms with Gasteiger partial charge in [0.05, 0.1) is 17.7 Å². The van der Waals surface area contributed by atoms with Gasteiger partial charge in [-0.05, 0) is 11.6 Å². The maximum absolute atomic E-state index is 12.2. The first-order valence-electron chi connectivity index (χ1n) is 7.90. The number of benzene rings is 2. The molecule has 2 N–H and O–H groups in total. The van der Waals surface area contributed by atoms with Gasteiger partial charge in [0.1, 0.15) is 13.2 Å². The number of hydrogen-bond acceptors (Lipinski definition) is 4. The third-order valence-electron chi connectivity index (χ3n) is 3.41. The van der Waals surface area contributed by atoms with Gasteiger partial charge in [-0.1, -0.05) is 41.9 Å². The fraction of sp³-hybridized carbons (Fsp3) is 0.222. The monoisotopic (exact) mass is 416 g/mol. The summed E-state index contributed by atoms with van der Waals surface area (Å²) >= 11 is 6.02. The van der Waals surface area contributed by atoms with Crippen molar-refractivity contribution >= 4 is 23.5 Å². The van der Waals surface area contributed by atoms with Crippen LogP contribution in [0, 0.1) is 0 Å². The molecular weight excluding hydrogens is 401 g/mol. The predicted octanol–water partition coefficient (Wildman–Crippen LogP) is 3.93. The van der Waals surface area contributed by atoms with Crippen LogP contribution in [0.1, 0.15) is 15.9 Å². The Morgan fingerprint density at radius 3 is 2.39 bits per heavy atom. The number of imide groups is 1. The maximum atomic E-state index is 12.2. The number of rotatable bonds is 6. The first-order valence-corrected chi connectivity index (χ1v) is 8.27. The lowest BCUT2D eigenvalue weighted by Crippen LogP contribution is -2.43. The molecule has 0 spiro atoms. The van der Waals surface area contributed by atoms with E-state index in [-0.39, 0.29) is 28.7 Å². The van der Waals surface area contributed by atoms with E-state index in [0.29, 0.717) is 0 Å². The Hall–Kier alpha value is -2.94. The van der Waals surface area contributed by atoms with Crippen LogP contribution in [0.15, 0.2) is 42.5 Å². The van der Waals surface area contributed by atoms with Crippen LogP contribution in [0.25, 0.3) is 0 Å². The Kier molecular flexibility index (Phi) is 7.11. The number of carbonyl (C=O) groups is 2. The lowest BCUT2D eigenvalue weighted by atomic mass is 10.2. The molecule has 0 bridgehead atoms. The third kappa shape index (κ3) is 6.34. The molecule has 28 heavy (non-hydrogen) atoms. The molecule has 2 aromatic rings. The maximum Gasteiger partial charge on any atom is 0.405 e. The third-order valence-corrected chi connectivity index (χ3v) is 3.72. The first kappa shape index (κ1) is 21.4. The molecule has 0 fully saturated rings. The van der Waals surface area contributed by atoms with E-state index in [0.717, 1.165) is 5.56 Å². The van der Waals surface area contributed by atoms with E-state index in [1.54, 1.807) is 5.32 Å². The molecule has 0 aliphatic carbocycles. The van der Waals surface area contributed by atoms with Crippen LogP contribution in [0.5, 0.6) is 11.5 Å². The minimum atomic E-state index is -4.60. The summed E-state index contributed by atoms with van der Waals surface area (Å²) < 4.78 is 47.2. The van der Waals surface area contributed by atoms with Crippen molar-refractivity contribution in [2.45, 2.75) is 12.8 Å². The fourth-order valence-corrected chi connectivity index (χ4v) is 2.35. The normalized spacial score (nSPS) is 10.9. The molecule has 0 aromatic heterocycles. The van der Waals surface area contributed by atoms with Crippen LogP contribution in [-0.4, -0.2) is 31.8 Å². The van der Waals surface area contributed by atoms with Gasteiger partial charge < -0.3 is 14.8 Å². The van der Waals surface area contributed by atoms with E-state index in [1.807, 2.05) is 30.3 Å². The van der Waals surface area contributed by atoms with Crippen LogP contribution in [-0.2, 0) is 6.61 Å². The summed E-state index contributed by atoms with van der Waals surface area (Å²) in [6.45, 7) is -1.40. The van der Waals surface area contributed by atoms with Crippen LogP contribution < -0.4 is 20.1 Å². The molecule has 0 aliphatic rings. The number of methoxy groups -OCH3 is 1. The van der Waals surface area contributed by atoms with Crippen molar-refractivity contribution in [2.24, 2.45) is 0 Å². The van der Waals surface area contributed by atoms with Gasteiger partial charge >= 0.3 is 12.2 Å². The summed E-state index contributed by atoms with van der Waals surface area (Å²) in [4.78, 5) is 23.7. The summed E-state index contributed by atoms with van der Waals surface area (Å²) in [6.07, 6.45) is -4.60. The first-order chi connectivity index (χ1) is 13.2. The minimum absolute atomic E-state index is 0.0648. The topological polar surface area (TPSA) is 76.7 Å². The molecule has 0 atom stereocenters. The summed E-state index contributed by atoms with van der Waals surface area (Å²) in [5, 5.41) is 3.25. The van der Waals surface area contributed by atoms with Crippen molar-refractivity contribution in [3.63, 3.8) is 0 Å². The summed E-state index contributed by atoms with van der Waals surface area (Å²) in [5.74, 6) is -0.563. The molecule has 0 radical (unpaired) electrons. The highest BCUT2D eigenvalue weighted by atomic mass is 35.5. The van der Waals surface area contributed by atoms with E-state index in [2.05, 4.69) is 0 Å². The molecule has 6 nitrogen and oxygen atoms in total. The summed E-state index contributed by atoms with van der Waals surface area (Å²) in [7, 11) is 1.38. The highest BCUT2D eigenvalue weighted by molar-refractivity contribution is 6.34. The zero-order valence-corrected chi connectivity index (χ0v) is 15.4. The summed E-state index contributed by atoms with van der Waals surface area (Å²) in [5.41, 5.74) is 0.699. The molecule has 0 saturated heterocycles. The van der Waals surface area contributed by atoms with Crippen molar-refractivity contribution in [3.05, 3.63) is 58.6 Å². The van der Waals surface area contributed by atoms with E-state index < -0.39 is 24.7 Å². The Labute approximate surface area is 163 Å². The summed E-state index contributed by atoms with van der Waals surface area (Å²) in [6, 6.07) is 10.4. The Bertz CT molecular complexity index is 845. The van der Waals surface area contributed by atoms with E-state index >= 15 is 0 Å². The van der Waals surface area contributed by atoms with Crippen LogP contribution >= 0.6 is 11.6 Å². The van der Waals surface area contributed by atoms with Gasteiger partial charge in [-0.2, -0.15) is 13.2 Å². The number of ether oxygens (including phenoxy) is 2. The average molecular weight is 417 g/mol. The highest BCUT2D eigenvalue weighted by Crippen LogP contribution is 2.34. The van der Waals surface area contributed by atoms with E-state index in [9.17, 15) is 22.8 Å². The zero-order valence-electron chi connectivity index (χ0n) is 14.6. The number of amides is 3. The van der Waals surface area contributed by atoms with Crippen molar-refractivity contribution in [1.82, 2.24) is 10.6 Å². The average Bonchev–Trinajstić information content (AvgIpc) is 2.65. The largest absolute Gasteiger partial charge is 0.493 e. The quantitative estimate of drug-likeness (QED) is 0.748. The second-order valence-electron chi connectivity index (χ2n) is 5.51. The highest BCUT2D eigenvalue weighted by Gasteiger charge is 2.28. The lowest BCUT2D eigenvalue weighted by Gasteiger charge is -2.14. The van der Waals surface area contributed by atoms with E-state index in [4.69, 9.17) is 21.1 Å². The Morgan fingerprint density at radius 2 is 1.79 bits per heavy atom. The molecule has 0 unspecified atom stereocenters. The molecular formula is C18H16ClF3N2O4. The molecule has 150 valence electrons. The predicted molar refractivity (Wildman–Crippen MR) is 95.7 cm³/mol. The number of halogens is 4. The fourth-order valence-electron chi connectivity index (χ4n) is 2.11. The second-order valence-corrected chi connectivity index (χ2v) is 5.92. The van der Waals surface area contributed by atoms with Crippen LogP contribution in [0.4, 0.5) is 18.0 Å². The van der Waals surface area contributed by atoms with Gasteiger partial charge in [-0.25, -0.2) is 4.79 Å². The Balaban J connectivity index is 2.12. The van der Waals surface area contributed by atoms with Gasteiger partial charge in [0.25, 0.3) is 5.91 Å². The van der Waals surface area contributed by atoms with Crippen molar-refractivity contribution < 1.29 is 32.2 Å². The molecule has 0 saturated carbocycles. The van der Waals surface area contributed by atoms with Gasteiger partial charge in [-0.3, -0.25) is 10.1 Å². The zero-order chi connectivity index (χ0) is 20.7. The number of carbonyl (C=O) groups excluding carboxylic acids is 2. The van der Waals surface area contributed by atoms with E-state index in [1.165, 1.54) is 24.6 Å². The SMILES string of the molecule is COc1cc(Cl)c(C(=O)NC(=O)NCC(F)(F)F)cc1OCc1ccccc1. The molecule has 10 heteroatoms. The lowest BCUT2D eigenvalue weighted by molar-refractivity contribution is -0.122. The molecule has 0 heterocycles. The van der Waals surface area contributed by atoms with Crippen molar-refractivity contribution in [1.29, 1.82) is 0 Å². The Morgan fingerprint density at radius 1 is 1.11 bits per heavy atom. The van der Waals surface area contributed by atoms with Crippen molar-refractivity contribution in [3.8, 4) is 11.5 Å². The molecule has 3 amide bonds. The van der Waals surface area contributed by atoms with Crippen LogP contribution in [0.2, 0.25) is 5.02 Å². The van der Waals surface area contributed by atoms with Gasteiger partial charge in [0.15, 0.2) is 11.5 Å². The van der Waals surface area contributed by atoms with Crippen LogP contribution in [0.3, 0.4) is 0 Å². The number of nitrogens with one attached hydrogen (secondary N) is 2. The second kappa shape index (κ2) is 9.32. The number of alkyl halides is 3. The molecule has 2 aromatic carbocycles. The molecule has 2 rings (SSSR count). The van der Waals surface area contributed by atoms with Gasteiger partial charge in [-0.15, -0.1) is 0 Å². The molecule has 0 aliphatic heterocycles. The minimum Gasteiger partial charge on any atom is -0.493 e. The van der Waals surface area contributed by atoms with Gasteiger partial charge in [0, 0.05) is 6.07 Å². The van der Waals surface area contributed by atoms with Crippen molar-refractivity contribution in [2.75, 3.05) is 13.7 Å². The standard InChI is InChI=1S/C18H16ClF3N2O4/c1-27-14-8-13(19)12(16(25)24-17(26)23-10-18(20,21)22)7-15(14)28-9-11-5-3-2-4-6-11/h2-8H,9-10H2,1H3,(H2,23,24,25,26). The van der Waals surface area contributed by atoms with Gasteiger partial charge in [0.2, 0.25) is 0 Å². The number of hydrogen-bond donors (Lipinski definition) is 2.